The van der Waals surface area contributed by atoms with E-state index in [1.165, 1.54) is 13.2 Å². The van der Waals surface area contributed by atoms with Crippen molar-refractivity contribution in [2.45, 2.75) is 19.4 Å². The number of benzene rings is 1. The number of para-hydroxylation sites is 1. The molecule has 1 atom stereocenters. The van der Waals surface area contributed by atoms with Crippen LogP contribution in [0, 0.1) is 17.0 Å². The molecule has 1 rings (SSSR count). The van der Waals surface area contributed by atoms with E-state index in [1.54, 1.807) is 19.1 Å². The van der Waals surface area contributed by atoms with Crippen molar-refractivity contribution in [2.75, 3.05) is 13.7 Å². The predicted octanol–water partition coefficient (Wildman–Crippen LogP) is 1.17. The molecule has 0 radical (unpaired) electrons. The first kappa shape index (κ1) is 14.9. The zero-order valence-electron chi connectivity index (χ0n) is 10.8. The largest absolute Gasteiger partial charge is 0.487 e. The topological polar surface area (TPSA) is 105 Å². The SMILES string of the molecule is COC(=O)C(N)CCOc1c(C)cccc1[N+](=O)[O-]. The highest BCUT2D eigenvalue weighted by Gasteiger charge is 2.18. The highest BCUT2D eigenvalue weighted by Crippen LogP contribution is 2.30. The Morgan fingerprint density at radius 1 is 1.53 bits per heavy atom. The molecule has 19 heavy (non-hydrogen) atoms. The molecule has 0 heterocycles. The smallest absolute Gasteiger partial charge is 0.322 e. The molecule has 0 aliphatic heterocycles. The van der Waals surface area contributed by atoms with Crippen LogP contribution in [0.5, 0.6) is 5.75 Å². The summed E-state index contributed by atoms with van der Waals surface area (Å²) < 4.78 is 9.84. The number of ether oxygens (including phenoxy) is 2. The van der Waals surface area contributed by atoms with Crippen molar-refractivity contribution in [3.63, 3.8) is 0 Å². The number of carbonyl (C=O) groups excluding carboxylic acids is 1. The van der Waals surface area contributed by atoms with E-state index in [0.717, 1.165) is 0 Å². The quantitative estimate of drug-likeness (QED) is 0.471. The van der Waals surface area contributed by atoms with Crippen molar-refractivity contribution >= 4 is 11.7 Å². The van der Waals surface area contributed by atoms with Gasteiger partial charge in [-0.25, -0.2) is 0 Å². The molecule has 0 amide bonds. The van der Waals surface area contributed by atoms with E-state index in [1.807, 2.05) is 0 Å². The summed E-state index contributed by atoms with van der Waals surface area (Å²) in [6, 6.07) is 3.86. The standard InChI is InChI=1S/C12H16N2O5/c1-8-4-3-5-10(14(16)17)11(8)19-7-6-9(13)12(15)18-2/h3-5,9H,6-7,13H2,1-2H3. The Hall–Kier alpha value is -2.15. The van der Waals surface area contributed by atoms with E-state index in [-0.39, 0.29) is 24.5 Å². The Labute approximate surface area is 110 Å². The lowest BCUT2D eigenvalue weighted by Gasteiger charge is -2.12. The third kappa shape index (κ3) is 3.92. The van der Waals surface area contributed by atoms with Crippen molar-refractivity contribution in [2.24, 2.45) is 5.73 Å². The van der Waals surface area contributed by atoms with Gasteiger partial charge in [-0.1, -0.05) is 12.1 Å². The molecular weight excluding hydrogens is 252 g/mol. The number of nitro groups is 1. The minimum absolute atomic E-state index is 0.0992. The van der Waals surface area contributed by atoms with Crippen LogP contribution < -0.4 is 10.5 Å². The molecule has 7 nitrogen and oxygen atoms in total. The Balaban J connectivity index is 2.68. The number of nitro benzene ring substituents is 1. The second kappa shape index (κ2) is 6.69. The van der Waals surface area contributed by atoms with Crippen molar-refractivity contribution in [1.82, 2.24) is 0 Å². The summed E-state index contributed by atoms with van der Waals surface area (Å²) in [5.74, 6) is -0.340. The number of nitrogens with zero attached hydrogens (tertiary/aromatic N) is 1. The van der Waals surface area contributed by atoms with E-state index in [2.05, 4.69) is 4.74 Å². The van der Waals surface area contributed by atoms with Crippen LogP contribution in [0.15, 0.2) is 18.2 Å². The maximum Gasteiger partial charge on any atom is 0.322 e. The third-order valence-electron chi connectivity index (χ3n) is 2.57. The fourth-order valence-electron chi connectivity index (χ4n) is 1.53. The van der Waals surface area contributed by atoms with E-state index in [4.69, 9.17) is 10.5 Å². The van der Waals surface area contributed by atoms with Crippen LogP contribution in [0.2, 0.25) is 0 Å². The number of hydrogen-bond donors (Lipinski definition) is 1. The zero-order valence-corrected chi connectivity index (χ0v) is 10.8. The molecule has 0 saturated heterocycles. The molecule has 0 bridgehead atoms. The highest BCUT2D eigenvalue weighted by atomic mass is 16.6. The first-order valence-electron chi connectivity index (χ1n) is 5.67. The van der Waals surface area contributed by atoms with E-state index in [0.29, 0.717) is 5.56 Å². The summed E-state index contributed by atoms with van der Waals surface area (Å²) in [5.41, 5.74) is 6.09. The first-order valence-corrected chi connectivity index (χ1v) is 5.67. The average Bonchev–Trinajstić information content (AvgIpc) is 2.39. The maximum atomic E-state index is 11.1. The lowest BCUT2D eigenvalue weighted by molar-refractivity contribution is -0.385. The molecule has 0 aliphatic carbocycles. The van der Waals surface area contributed by atoms with Crippen molar-refractivity contribution < 1.29 is 19.2 Å². The molecule has 7 heteroatoms. The van der Waals surface area contributed by atoms with Crippen LogP contribution in [0.25, 0.3) is 0 Å². The molecule has 1 aromatic rings. The lowest BCUT2D eigenvalue weighted by atomic mass is 10.2. The monoisotopic (exact) mass is 268 g/mol. The summed E-state index contributed by atoms with van der Waals surface area (Å²) in [5, 5.41) is 10.9. The molecule has 0 saturated carbocycles. The summed E-state index contributed by atoms with van der Waals surface area (Å²) in [6.45, 7) is 1.81. The van der Waals surface area contributed by atoms with Crippen LogP contribution in [0.3, 0.4) is 0 Å². The van der Waals surface area contributed by atoms with Gasteiger partial charge in [0.25, 0.3) is 0 Å². The summed E-state index contributed by atoms with van der Waals surface area (Å²) >= 11 is 0. The van der Waals surface area contributed by atoms with Gasteiger partial charge < -0.3 is 15.2 Å². The van der Waals surface area contributed by atoms with Crippen molar-refractivity contribution in [3.05, 3.63) is 33.9 Å². The number of nitrogens with two attached hydrogens (primary N) is 1. The van der Waals surface area contributed by atoms with Crippen LogP contribution in [-0.2, 0) is 9.53 Å². The van der Waals surface area contributed by atoms with Crippen molar-refractivity contribution in [1.29, 1.82) is 0 Å². The van der Waals surface area contributed by atoms with Crippen LogP contribution in [0.4, 0.5) is 5.69 Å². The minimum Gasteiger partial charge on any atom is -0.487 e. The minimum atomic E-state index is -0.798. The molecule has 0 fully saturated rings. The van der Waals surface area contributed by atoms with E-state index >= 15 is 0 Å². The molecule has 0 aromatic heterocycles. The number of rotatable bonds is 6. The highest BCUT2D eigenvalue weighted by molar-refractivity contribution is 5.75. The second-order valence-corrected chi connectivity index (χ2v) is 3.95. The zero-order chi connectivity index (χ0) is 14.4. The number of hydrogen-bond acceptors (Lipinski definition) is 6. The van der Waals surface area contributed by atoms with Gasteiger partial charge >= 0.3 is 11.7 Å². The van der Waals surface area contributed by atoms with Crippen LogP contribution in [0.1, 0.15) is 12.0 Å². The van der Waals surface area contributed by atoms with Crippen LogP contribution in [-0.4, -0.2) is 30.7 Å². The van der Waals surface area contributed by atoms with Gasteiger partial charge in [-0.3, -0.25) is 14.9 Å². The second-order valence-electron chi connectivity index (χ2n) is 3.95. The third-order valence-corrected chi connectivity index (χ3v) is 2.57. The first-order chi connectivity index (χ1) is 8.97. The van der Waals surface area contributed by atoms with Gasteiger partial charge in [0.2, 0.25) is 0 Å². The fourth-order valence-corrected chi connectivity index (χ4v) is 1.53. The number of aryl methyl sites for hydroxylation is 1. The maximum absolute atomic E-state index is 11.1. The number of esters is 1. The van der Waals surface area contributed by atoms with Gasteiger partial charge in [0.15, 0.2) is 5.75 Å². The Morgan fingerprint density at radius 3 is 2.79 bits per heavy atom. The summed E-state index contributed by atoms with van der Waals surface area (Å²) in [4.78, 5) is 21.4. The van der Waals surface area contributed by atoms with E-state index < -0.39 is 16.9 Å². The van der Waals surface area contributed by atoms with Gasteiger partial charge in [0.05, 0.1) is 18.6 Å². The van der Waals surface area contributed by atoms with Gasteiger partial charge in [0.1, 0.15) is 6.04 Å². The normalized spacial score (nSPS) is 11.7. The Kier molecular flexibility index (Phi) is 5.25. The van der Waals surface area contributed by atoms with Gasteiger partial charge in [0, 0.05) is 12.5 Å². The average molecular weight is 268 g/mol. The molecule has 2 N–H and O–H groups in total. The molecule has 0 aliphatic rings. The Morgan fingerprint density at radius 2 is 2.21 bits per heavy atom. The van der Waals surface area contributed by atoms with Gasteiger partial charge in [-0.05, 0) is 12.5 Å². The number of methoxy groups -OCH3 is 1. The molecule has 1 aromatic carbocycles. The van der Waals surface area contributed by atoms with Gasteiger partial charge in [-0.2, -0.15) is 0 Å². The summed E-state index contributed by atoms with van der Waals surface area (Å²) in [7, 11) is 1.25. The van der Waals surface area contributed by atoms with E-state index in [9.17, 15) is 14.9 Å². The molecule has 0 spiro atoms. The van der Waals surface area contributed by atoms with Crippen molar-refractivity contribution in [3.8, 4) is 5.75 Å². The van der Waals surface area contributed by atoms with Crippen LogP contribution >= 0.6 is 0 Å². The fraction of sp³-hybridized carbons (Fsp3) is 0.417. The lowest BCUT2D eigenvalue weighted by Crippen LogP contribution is -2.33. The Bertz CT molecular complexity index is 475. The molecule has 1 unspecified atom stereocenters. The molecule has 104 valence electrons. The summed E-state index contributed by atoms with van der Waals surface area (Å²) in [6.07, 6.45) is 0.220. The predicted molar refractivity (Wildman–Crippen MR) is 67.9 cm³/mol. The van der Waals surface area contributed by atoms with Gasteiger partial charge in [-0.15, -0.1) is 0 Å². The number of carbonyl (C=O) groups is 1. The molecular formula is C12H16N2O5.